The first kappa shape index (κ1) is 22.9. The maximum atomic E-state index is 11.1. The van der Waals surface area contributed by atoms with E-state index in [1.165, 1.54) is 103 Å². The van der Waals surface area contributed by atoms with Crippen molar-refractivity contribution in [1.82, 2.24) is 0 Å². The number of carbonyl (C=O) groups is 1. The average molecular weight is 371 g/mol. The zero-order valence-corrected chi connectivity index (χ0v) is 17.7. The lowest BCUT2D eigenvalue weighted by Crippen LogP contribution is -2.01. The second-order valence-electron chi connectivity index (χ2n) is 7.71. The van der Waals surface area contributed by atoms with E-state index in [0.29, 0.717) is 6.42 Å². The molecular formula is C22H42O2S. The van der Waals surface area contributed by atoms with Gasteiger partial charge in [0, 0.05) is 16.9 Å². The third kappa shape index (κ3) is 13.7. The van der Waals surface area contributed by atoms with E-state index in [0.717, 1.165) is 16.9 Å². The quantitative estimate of drug-likeness (QED) is 0.144. The van der Waals surface area contributed by atoms with Gasteiger partial charge in [-0.3, -0.25) is 4.79 Å². The van der Waals surface area contributed by atoms with Crippen molar-refractivity contribution in [3.63, 3.8) is 0 Å². The molecule has 0 N–H and O–H groups in total. The maximum absolute atomic E-state index is 11.1. The summed E-state index contributed by atoms with van der Waals surface area (Å²) in [5.74, 6) is -0.0568. The van der Waals surface area contributed by atoms with Gasteiger partial charge in [0.05, 0.1) is 7.11 Å². The first-order valence-electron chi connectivity index (χ1n) is 11.0. The van der Waals surface area contributed by atoms with Gasteiger partial charge in [0.25, 0.3) is 0 Å². The van der Waals surface area contributed by atoms with Crippen LogP contribution < -0.4 is 0 Å². The summed E-state index contributed by atoms with van der Waals surface area (Å²) in [6.07, 6.45) is 22.8. The molecule has 1 saturated heterocycles. The summed E-state index contributed by atoms with van der Waals surface area (Å²) in [5, 5.41) is 1.73. The summed E-state index contributed by atoms with van der Waals surface area (Å²) in [7, 11) is 1.48. The third-order valence-electron chi connectivity index (χ3n) is 5.38. The Labute approximate surface area is 161 Å². The number of ether oxygens (including phenoxy) is 1. The third-order valence-corrected chi connectivity index (χ3v) is 6.89. The molecule has 0 aromatic heterocycles. The smallest absolute Gasteiger partial charge is 0.305 e. The molecule has 2 atom stereocenters. The van der Waals surface area contributed by atoms with Gasteiger partial charge in [0.2, 0.25) is 0 Å². The lowest BCUT2D eigenvalue weighted by Gasteiger charge is -2.03. The van der Waals surface area contributed by atoms with Crippen molar-refractivity contribution < 1.29 is 9.53 Å². The van der Waals surface area contributed by atoms with Crippen LogP contribution in [0.5, 0.6) is 0 Å². The first-order chi connectivity index (χ1) is 12.3. The Hall–Kier alpha value is -0.180. The van der Waals surface area contributed by atoms with Gasteiger partial charge in [0.1, 0.15) is 0 Å². The normalized spacial score (nSPS) is 19.1. The van der Waals surface area contributed by atoms with Gasteiger partial charge in [-0.05, 0) is 19.3 Å². The lowest BCUT2D eigenvalue weighted by atomic mass is 10.0. The molecule has 1 aliphatic rings. The fraction of sp³-hybridized carbons (Fsp3) is 0.955. The number of esters is 1. The Morgan fingerprint density at radius 3 is 1.64 bits per heavy atom. The molecule has 2 unspecified atom stereocenters. The summed E-state index contributed by atoms with van der Waals surface area (Å²) in [5.41, 5.74) is 0. The standard InChI is InChI=1S/C22H42O2S/c1-3-4-5-6-7-8-9-10-11-12-13-14-15-17-20-21(25-20)18-16-19-22(23)24-2/h20-21H,3-19H2,1-2H3. The minimum absolute atomic E-state index is 0.0568. The van der Waals surface area contributed by atoms with Gasteiger partial charge >= 0.3 is 5.97 Å². The van der Waals surface area contributed by atoms with Crippen LogP contribution >= 0.6 is 11.8 Å². The molecule has 25 heavy (non-hydrogen) atoms. The molecule has 0 spiro atoms. The SMILES string of the molecule is CCCCCCCCCCCCCCCC1SC1CCCC(=O)OC. The molecule has 1 aliphatic heterocycles. The van der Waals surface area contributed by atoms with Crippen LogP contribution in [0, 0.1) is 0 Å². The molecule has 1 heterocycles. The van der Waals surface area contributed by atoms with Crippen LogP contribution in [0.25, 0.3) is 0 Å². The number of methoxy groups -OCH3 is 1. The largest absolute Gasteiger partial charge is 0.469 e. The molecule has 1 fully saturated rings. The van der Waals surface area contributed by atoms with E-state index in [1.54, 1.807) is 0 Å². The van der Waals surface area contributed by atoms with Gasteiger partial charge in [-0.2, -0.15) is 11.8 Å². The number of unbranched alkanes of at least 4 members (excludes halogenated alkanes) is 12. The zero-order chi connectivity index (χ0) is 18.2. The van der Waals surface area contributed by atoms with E-state index >= 15 is 0 Å². The van der Waals surface area contributed by atoms with Gasteiger partial charge < -0.3 is 4.74 Å². The molecule has 0 saturated carbocycles. The van der Waals surface area contributed by atoms with Crippen molar-refractivity contribution in [3.05, 3.63) is 0 Å². The van der Waals surface area contributed by atoms with Crippen LogP contribution in [0.4, 0.5) is 0 Å². The van der Waals surface area contributed by atoms with Crippen LogP contribution in [-0.2, 0) is 9.53 Å². The predicted molar refractivity (Wildman–Crippen MR) is 111 cm³/mol. The highest BCUT2D eigenvalue weighted by Gasteiger charge is 2.36. The fourth-order valence-corrected chi connectivity index (χ4v) is 4.84. The first-order valence-corrected chi connectivity index (χ1v) is 11.9. The highest BCUT2D eigenvalue weighted by molar-refractivity contribution is 8.07. The molecule has 3 heteroatoms. The summed E-state index contributed by atoms with van der Waals surface area (Å²) in [6.45, 7) is 2.29. The Morgan fingerprint density at radius 1 is 0.720 bits per heavy atom. The molecule has 148 valence electrons. The topological polar surface area (TPSA) is 26.3 Å². The molecular weight excluding hydrogens is 328 g/mol. The summed E-state index contributed by atoms with van der Waals surface area (Å²) in [6, 6.07) is 0. The monoisotopic (exact) mass is 370 g/mol. The summed E-state index contributed by atoms with van der Waals surface area (Å²) in [4.78, 5) is 11.1. The molecule has 0 aliphatic carbocycles. The molecule has 0 aromatic rings. The van der Waals surface area contributed by atoms with Crippen LogP contribution in [0.2, 0.25) is 0 Å². The van der Waals surface area contributed by atoms with Crippen molar-refractivity contribution in [2.24, 2.45) is 0 Å². The highest BCUT2D eigenvalue weighted by atomic mass is 32.2. The van der Waals surface area contributed by atoms with Crippen molar-refractivity contribution >= 4 is 17.7 Å². The van der Waals surface area contributed by atoms with Crippen molar-refractivity contribution in [2.75, 3.05) is 7.11 Å². The van der Waals surface area contributed by atoms with E-state index in [9.17, 15) is 4.79 Å². The zero-order valence-electron chi connectivity index (χ0n) is 16.9. The van der Waals surface area contributed by atoms with Crippen LogP contribution in [0.3, 0.4) is 0 Å². The number of hydrogen-bond donors (Lipinski definition) is 0. The number of rotatable bonds is 18. The number of hydrogen-bond acceptors (Lipinski definition) is 3. The van der Waals surface area contributed by atoms with E-state index < -0.39 is 0 Å². The molecule has 0 amide bonds. The van der Waals surface area contributed by atoms with Crippen molar-refractivity contribution in [1.29, 1.82) is 0 Å². The highest BCUT2D eigenvalue weighted by Crippen LogP contribution is 2.47. The number of carbonyl (C=O) groups excluding carboxylic acids is 1. The lowest BCUT2D eigenvalue weighted by molar-refractivity contribution is -0.140. The van der Waals surface area contributed by atoms with E-state index in [2.05, 4.69) is 23.4 Å². The van der Waals surface area contributed by atoms with Crippen molar-refractivity contribution in [2.45, 2.75) is 127 Å². The van der Waals surface area contributed by atoms with Gasteiger partial charge in [-0.25, -0.2) is 0 Å². The maximum Gasteiger partial charge on any atom is 0.305 e. The molecule has 0 bridgehead atoms. The van der Waals surface area contributed by atoms with E-state index in [4.69, 9.17) is 0 Å². The Bertz CT molecular complexity index is 319. The minimum atomic E-state index is -0.0568. The van der Waals surface area contributed by atoms with Crippen LogP contribution in [-0.4, -0.2) is 23.6 Å². The van der Waals surface area contributed by atoms with Crippen molar-refractivity contribution in [3.8, 4) is 0 Å². The Kier molecular flexibility index (Phi) is 14.7. The van der Waals surface area contributed by atoms with Crippen LogP contribution in [0.1, 0.15) is 116 Å². The predicted octanol–water partition coefficient (Wildman–Crippen LogP) is 7.30. The molecule has 0 radical (unpaired) electrons. The Morgan fingerprint density at radius 2 is 1.16 bits per heavy atom. The van der Waals surface area contributed by atoms with E-state index in [-0.39, 0.29) is 5.97 Å². The second-order valence-corrected chi connectivity index (χ2v) is 9.20. The Balaban J connectivity index is 1.72. The van der Waals surface area contributed by atoms with Gasteiger partial charge in [0.15, 0.2) is 0 Å². The molecule has 1 rings (SSSR count). The van der Waals surface area contributed by atoms with Gasteiger partial charge in [-0.1, -0.05) is 90.4 Å². The fourth-order valence-electron chi connectivity index (χ4n) is 3.60. The molecule has 0 aromatic carbocycles. The second kappa shape index (κ2) is 16.0. The van der Waals surface area contributed by atoms with Crippen LogP contribution in [0.15, 0.2) is 0 Å². The van der Waals surface area contributed by atoms with Gasteiger partial charge in [-0.15, -0.1) is 0 Å². The minimum Gasteiger partial charge on any atom is -0.469 e. The summed E-state index contributed by atoms with van der Waals surface area (Å²) < 4.78 is 4.69. The molecule has 2 nitrogen and oxygen atoms in total. The average Bonchev–Trinajstić information content (AvgIpc) is 3.37. The number of thioether (sulfide) groups is 1. The summed E-state index contributed by atoms with van der Waals surface area (Å²) >= 11 is 2.13. The van der Waals surface area contributed by atoms with E-state index in [1.807, 2.05) is 0 Å².